The first-order valence-corrected chi connectivity index (χ1v) is 6.49. The SMILES string of the molecule is O=C(NCCc1ccc(O)c(O)c1)c1ccccc1Cl. The van der Waals surface area contributed by atoms with Crippen LogP contribution in [0.15, 0.2) is 42.5 Å². The summed E-state index contributed by atoms with van der Waals surface area (Å²) in [6.07, 6.45) is 0.546. The smallest absolute Gasteiger partial charge is 0.252 e. The zero-order valence-corrected chi connectivity index (χ0v) is 11.4. The topological polar surface area (TPSA) is 69.6 Å². The van der Waals surface area contributed by atoms with Crippen molar-refractivity contribution in [3.05, 3.63) is 58.6 Å². The van der Waals surface area contributed by atoms with Crippen molar-refractivity contribution in [3.63, 3.8) is 0 Å². The number of benzene rings is 2. The van der Waals surface area contributed by atoms with Gasteiger partial charge in [-0.05, 0) is 36.2 Å². The molecule has 0 aromatic heterocycles. The van der Waals surface area contributed by atoms with Gasteiger partial charge in [-0.2, -0.15) is 0 Å². The molecule has 2 rings (SSSR count). The second kappa shape index (κ2) is 6.30. The Labute approximate surface area is 121 Å². The minimum Gasteiger partial charge on any atom is -0.504 e. The summed E-state index contributed by atoms with van der Waals surface area (Å²) >= 11 is 5.93. The molecule has 0 fully saturated rings. The van der Waals surface area contributed by atoms with Gasteiger partial charge in [-0.3, -0.25) is 4.79 Å². The summed E-state index contributed by atoms with van der Waals surface area (Å²) in [6.45, 7) is 0.411. The third-order valence-electron chi connectivity index (χ3n) is 2.86. The number of nitrogens with one attached hydrogen (secondary N) is 1. The van der Waals surface area contributed by atoms with Gasteiger partial charge in [0.05, 0.1) is 10.6 Å². The predicted octanol–water partition coefficient (Wildman–Crippen LogP) is 2.72. The Morgan fingerprint density at radius 3 is 2.55 bits per heavy atom. The van der Waals surface area contributed by atoms with E-state index in [1.54, 1.807) is 30.3 Å². The molecule has 0 unspecified atom stereocenters. The zero-order chi connectivity index (χ0) is 14.5. The third-order valence-corrected chi connectivity index (χ3v) is 3.19. The second-order valence-corrected chi connectivity index (χ2v) is 4.72. The van der Waals surface area contributed by atoms with Crippen molar-refractivity contribution in [2.75, 3.05) is 6.54 Å². The van der Waals surface area contributed by atoms with Gasteiger partial charge in [0.1, 0.15) is 0 Å². The molecule has 0 saturated heterocycles. The molecule has 0 aliphatic carbocycles. The van der Waals surface area contributed by atoms with Crippen LogP contribution in [0.4, 0.5) is 0 Å². The number of carbonyl (C=O) groups excluding carboxylic acids is 1. The summed E-state index contributed by atoms with van der Waals surface area (Å²) in [5.41, 5.74) is 1.25. The van der Waals surface area contributed by atoms with E-state index in [1.807, 2.05) is 0 Å². The Morgan fingerprint density at radius 2 is 1.85 bits per heavy atom. The molecule has 2 aromatic carbocycles. The zero-order valence-electron chi connectivity index (χ0n) is 10.6. The molecule has 104 valence electrons. The van der Waals surface area contributed by atoms with Crippen molar-refractivity contribution in [3.8, 4) is 11.5 Å². The molecule has 0 heterocycles. The van der Waals surface area contributed by atoms with Crippen molar-refractivity contribution in [2.24, 2.45) is 0 Å². The van der Waals surface area contributed by atoms with Crippen LogP contribution in [0.2, 0.25) is 5.02 Å². The van der Waals surface area contributed by atoms with E-state index in [-0.39, 0.29) is 17.4 Å². The van der Waals surface area contributed by atoms with Crippen LogP contribution < -0.4 is 5.32 Å². The summed E-state index contributed by atoms with van der Waals surface area (Å²) in [7, 11) is 0. The van der Waals surface area contributed by atoms with Gasteiger partial charge < -0.3 is 15.5 Å². The van der Waals surface area contributed by atoms with Gasteiger partial charge >= 0.3 is 0 Å². The van der Waals surface area contributed by atoms with Crippen molar-refractivity contribution >= 4 is 17.5 Å². The van der Waals surface area contributed by atoms with Crippen LogP contribution in [0.1, 0.15) is 15.9 Å². The Morgan fingerprint density at radius 1 is 1.10 bits per heavy atom. The van der Waals surface area contributed by atoms with E-state index in [2.05, 4.69) is 5.32 Å². The molecular formula is C15H14ClNO3. The van der Waals surface area contributed by atoms with E-state index in [0.29, 0.717) is 23.6 Å². The number of carbonyl (C=O) groups is 1. The number of aromatic hydroxyl groups is 2. The molecule has 3 N–H and O–H groups in total. The van der Waals surface area contributed by atoms with Crippen molar-refractivity contribution < 1.29 is 15.0 Å². The highest BCUT2D eigenvalue weighted by atomic mass is 35.5. The number of phenols is 2. The third kappa shape index (κ3) is 3.42. The average Bonchev–Trinajstić information content (AvgIpc) is 2.43. The summed E-state index contributed by atoms with van der Waals surface area (Å²) < 4.78 is 0. The Kier molecular flexibility index (Phi) is 4.48. The van der Waals surface area contributed by atoms with E-state index < -0.39 is 0 Å². The number of rotatable bonds is 4. The molecule has 20 heavy (non-hydrogen) atoms. The number of hydrogen-bond donors (Lipinski definition) is 3. The molecule has 0 radical (unpaired) electrons. The molecule has 4 nitrogen and oxygen atoms in total. The second-order valence-electron chi connectivity index (χ2n) is 4.31. The van der Waals surface area contributed by atoms with Crippen LogP contribution in [0, 0.1) is 0 Å². The summed E-state index contributed by atoms with van der Waals surface area (Å²) in [4.78, 5) is 11.9. The Hall–Kier alpha value is -2.20. The lowest BCUT2D eigenvalue weighted by molar-refractivity contribution is 0.0954. The maximum atomic E-state index is 11.9. The molecule has 1 amide bonds. The van der Waals surface area contributed by atoms with E-state index in [4.69, 9.17) is 11.6 Å². The summed E-state index contributed by atoms with van der Waals surface area (Å²) in [5.74, 6) is -0.563. The van der Waals surface area contributed by atoms with E-state index in [9.17, 15) is 15.0 Å². The first-order chi connectivity index (χ1) is 9.58. The van der Waals surface area contributed by atoms with Gasteiger partial charge in [0.25, 0.3) is 5.91 Å². The number of hydrogen-bond acceptors (Lipinski definition) is 3. The Bertz CT molecular complexity index is 628. The lowest BCUT2D eigenvalue weighted by atomic mass is 10.1. The molecule has 2 aromatic rings. The predicted molar refractivity (Wildman–Crippen MR) is 77.3 cm³/mol. The molecule has 0 atom stereocenters. The van der Waals surface area contributed by atoms with Gasteiger partial charge in [0.2, 0.25) is 0 Å². The molecule has 0 saturated carbocycles. The van der Waals surface area contributed by atoms with E-state index in [0.717, 1.165) is 5.56 Å². The van der Waals surface area contributed by atoms with Crippen molar-refractivity contribution in [2.45, 2.75) is 6.42 Å². The highest BCUT2D eigenvalue weighted by molar-refractivity contribution is 6.33. The normalized spacial score (nSPS) is 10.2. The van der Waals surface area contributed by atoms with Gasteiger partial charge in [0, 0.05) is 6.54 Å². The lowest BCUT2D eigenvalue weighted by Gasteiger charge is -2.07. The maximum absolute atomic E-state index is 11.9. The fourth-order valence-electron chi connectivity index (χ4n) is 1.79. The van der Waals surface area contributed by atoms with Gasteiger partial charge in [0.15, 0.2) is 11.5 Å². The fourth-order valence-corrected chi connectivity index (χ4v) is 2.01. The number of amides is 1. The van der Waals surface area contributed by atoms with Crippen molar-refractivity contribution in [1.82, 2.24) is 5.32 Å². The standard InChI is InChI=1S/C15H14ClNO3/c16-12-4-2-1-3-11(12)15(20)17-8-7-10-5-6-13(18)14(19)9-10/h1-6,9,18-19H,7-8H2,(H,17,20). The Balaban J connectivity index is 1.91. The first-order valence-electron chi connectivity index (χ1n) is 6.11. The minimum absolute atomic E-state index is 0.158. The molecule has 0 spiro atoms. The summed E-state index contributed by atoms with van der Waals surface area (Å²) in [6, 6.07) is 11.4. The van der Waals surface area contributed by atoms with Crippen molar-refractivity contribution in [1.29, 1.82) is 0 Å². The minimum atomic E-state index is -0.237. The van der Waals surface area contributed by atoms with Gasteiger partial charge in [-0.15, -0.1) is 0 Å². The van der Waals surface area contributed by atoms with Crippen LogP contribution in [-0.2, 0) is 6.42 Å². The number of phenolic OH excluding ortho intramolecular Hbond substituents is 2. The largest absolute Gasteiger partial charge is 0.504 e. The number of halogens is 1. The molecule has 0 bridgehead atoms. The van der Waals surface area contributed by atoms with Crippen LogP contribution >= 0.6 is 11.6 Å². The van der Waals surface area contributed by atoms with Crippen LogP contribution in [0.25, 0.3) is 0 Å². The average molecular weight is 292 g/mol. The quantitative estimate of drug-likeness (QED) is 0.759. The van der Waals surface area contributed by atoms with Crippen LogP contribution in [0.3, 0.4) is 0 Å². The highest BCUT2D eigenvalue weighted by Gasteiger charge is 2.08. The maximum Gasteiger partial charge on any atom is 0.252 e. The van der Waals surface area contributed by atoms with E-state index in [1.165, 1.54) is 12.1 Å². The van der Waals surface area contributed by atoms with Crippen LogP contribution in [0.5, 0.6) is 11.5 Å². The highest BCUT2D eigenvalue weighted by Crippen LogP contribution is 2.24. The lowest BCUT2D eigenvalue weighted by Crippen LogP contribution is -2.25. The summed E-state index contributed by atoms with van der Waals surface area (Å²) in [5, 5.41) is 21.7. The van der Waals surface area contributed by atoms with E-state index >= 15 is 0 Å². The van der Waals surface area contributed by atoms with Gasteiger partial charge in [-0.25, -0.2) is 0 Å². The monoisotopic (exact) mass is 291 g/mol. The molecular weight excluding hydrogens is 278 g/mol. The van der Waals surface area contributed by atoms with Gasteiger partial charge in [-0.1, -0.05) is 29.8 Å². The molecule has 0 aliphatic rings. The molecule has 5 heteroatoms. The van der Waals surface area contributed by atoms with Crippen LogP contribution in [-0.4, -0.2) is 22.7 Å². The first kappa shape index (κ1) is 14.2. The fraction of sp³-hybridized carbons (Fsp3) is 0.133. The molecule has 0 aliphatic heterocycles.